The number of nitrogens with zero attached hydrogens (tertiary/aromatic N) is 6. The molecule has 0 aliphatic carbocycles. The fourth-order valence-corrected chi connectivity index (χ4v) is 8.23. The molecule has 6 aromatic heterocycles. The summed E-state index contributed by atoms with van der Waals surface area (Å²) < 4.78 is 0. The first-order valence-electron chi connectivity index (χ1n) is 19.3. The molecule has 12 aromatic rings. The summed E-state index contributed by atoms with van der Waals surface area (Å²) in [6.07, 6.45) is 3.65. The van der Waals surface area contributed by atoms with Gasteiger partial charge in [0.05, 0.1) is 55.9 Å². The van der Waals surface area contributed by atoms with Gasteiger partial charge in [0.1, 0.15) is 0 Å². The van der Waals surface area contributed by atoms with Crippen molar-refractivity contribution >= 4 is 76.2 Å². The van der Waals surface area contributed by atoms with Gasteiger partial charge in [-0.1, -0.05) is 97.1 Å². The van der Waals surface area contributed by atoms with E-state index in [1.54, 1.807) is 0 Å². The summed E-state index contributed by atoms with van der Waals surface area (Å²) in [5, 5.41) is 8.80. The Bertz CT molecular complexity index is 3410. The lowest BCUT2D eigenvalue weighted by atomic mass is 9.99. The van der Waals surface area contributed by atoms with Crippen LogP contribution < -0.4 is 0 Å². The molecule has 0 aliphatic heterocycles. The molecule has 0 amide bonds. The number of hydrogen-bond donors (Lipinski definition) is 0. The molecule has 0 atom stereocenters. The Morgan fingerprint density at radius 2 is 0.603 bits per heavy atom. The van der Waals surface area contributed by atoms with Gasteiger partial charge in [-0.05, 0) is 94.7 Å². The zero-order valence-electron chi connectivity index (χ0n) is 31.0. The molecule has 0 saturated carbocycles. The van der Waals surface area contributed by atoms with Crippen LogP contribution in [0.25, 0.3) is 121 Å². The van der Waals surface area contributed by atoms with E-state index in [1.165, 1.54) is 0 Å². The number of benzene rings is 6. The van der Waals surface area contributed by atoms with E-state index in [2.05, 4.69) is 162 Å². The monoisotopic (exact) mass is 738 g/mol. The first-order chi connectivity index (χ1) is 28.7. The summed E-state index contributed by atoms with van der Waals surface area (Å²) in [5.74, 6) is 0. The second-order valence-corrected chi connectivity index (χ2v) is 14.8. The van der Waals surface area contributed by atoms with Gasteiger partial charge in [-0.3, -0.25) is 9.97 Å². The van der Waals surface area contributed by atoms with Crippen LogP contribution in [0.4, 0.5) is 0 Å². The molecule has 58 heavy (non-hydrogen) atoms. The summed E-state index contributed by atoms with van der Waals surface area (Å²) in [7, 11) is 0. The Morgan fingerprint density at radius 1 is 0.241 bits per heavy atom. The van der Waals surface area contributed by atoms with E-state index in [4.69, 9.17) is 19.9 Å². The molecule has 0 fully saturated rings. The maximum Gasteiger partial charge on any atom is 0.0972 e. The average molecular weight is 739 g/mol. The van der Waals surface area contributed by atoms with Crippen molar-refractivity contribution in [2.45, 2.75) is 0 Å². The molecule has 0 N–H and O–H groups in total. The normalized spacial score (nSPS) is 11.8. The van der Waals surface area contributed by atoms with Crippen molar-refractivity contribution in [3.63, 3.8) is 0 Å². The van der Waals surface area contributed by atoms with Gasteiger partial charge in [-0.25, -0.2) is 19.9 Å². The van der Waals surface area contributed by atoms with Crippen molar-refractivity contribution in [1.82, 2.24) is 29.9 Å². The highest BCUT2D eigenvalue weighted by molar-refractivity contribution is 6.04. The molecular formula is C52H30N6. The third kappa shape index (κ3) is 5.42. The second-order valence-electron chi connectivity index (χ2n) is 14.8. The van der Waals surface area contributed by atoms with Crippen LogP contribution in [0.5, 0.6) is 0 Å². The molecule has 268 valence electrons. The van der Waals surface area contributed by atoms with Gasteiger partial charge in [0, 0.05) is 55.8 Å². The molecule has 6 heterocycles. The maximum absolute atomic E-state index is 5.09. The van der Waals surface area contributed by atoms with Gasteiger partial charge in [-0.2, -0.15) is 0 Å². The molecule has 0 spiro atoms. The minimum Gasteiger partial charge on any atom is -0.254 e. The molecule has 6 heteroatoms. The lowest BCUT2D eigenvalue weighted by molar-refractivity contribution is 1.31. The highest BCUT2D eigenvalue weighted by atomic mass is 14.8. The minimum atomic E-state index is 0.831. The summed E-state index contributed by atoms with van der Waals surface area (Å²) in [6, 6.07) is 59.3. The molecular weight excluding hydrogens is 709 g/mol. The van der Waals surface area contributed by atoms with E-state index in [0.717, 1.165) is 121 Å². The summed E-state index contributed by atoms with van der Waals surface area (Å²) >= 11 is 0. The predicted octanol–water partition coefficient (Wildman–Crippen LogP) is 12.8. The minimum absolute atomic E-state index is 0.831. The molecule has 0 aliphatic rings. The molecule has 0 bridgehead atoms. The molecule has 12 rings (SSSR count). The summed E-state index contributed by atoms with van der Waals surface area (Å²) in [4.78, 5) is 29.4. The number of pyridine rings is 6. The average Bonchev–Trinajstić information content (AvgIpc) is 3.30. The number of aromatic nitrogens is 6. The molecule has 6 nitrogen and oxygen atoms in total. The van der Waals surface area contributed by atoms with Crippen LogP contribution in [-0.2, 0) is 0 Å². The molecule has 0 radical (unpaired) electrons. The molecule has 0 unspecified atom stereocenters. The van der Waals surface area contributed by atoms with Crippen molar-refractivity contribution in [3.8, 4) is 45.0 Å². The Morgan fingerprint density at radius 3 is 1.16 bits per heavy atom. The number of rotatable bonds is 4. The number of hydrogen-bond acceptors (Lipinski definition) is 6. The van der Waals surface area contributed by atoms with Crippen molar-refractivity contribution in [1.29, 1.82) is 0 Å². The first-order valence-corrected chi connectivity index (χ1v) is 19.3. The van der Waals surface area contributed by atoms with Crippen LogP contribution >= 0.6 is 0 Å². The Labute approximate surface area is 332 Å². The standard InChI is InChI=1S/C52H30N6/c1-3-31-5-7-33-13-19-46(57-51(33)49(31)53-25-1)40-12-10-35-27-39(11-9-36(35)28-40)44-22-17-41-29-37(15-20-43(41)55-44)38-16-21-45-42(30-38)18-24-47(56-45)48-23-14-34-8-6-32-4-2-26-54-50(32)52(34)58-48/h1-30H. The van der Waals surface area contributed by atoms with Crippen molar-refractivity contribution in [2.75, 3.05) is 0 Å². The quantitative estimate of drug-likeness (QED) is 0.167. The Hall–Kier alpha value is -7.96. The van der Waals surface area contributed by atoms with E-state index >= 15 is 0 Å². The second kappa shape index (κ2) is 12.8. The first kappa shape index (κ1) is 32.3. The van der Waals surface area contributed by atoms with Gasteiger partial charge >= 0.3 is 0 Å². The fraction of sp³-hybridized carbons (Fsp3) is 0. The van der Waals surface area contributed by atoms with E-state index in [9.17, 15) is 0 Å². The highest BCUT2D eigenvalue weighted by Crippen LogP contribution is 2.33. The predicted molar refractivity (Wildman–Crippen MR) is 237 cm³/mol. The van der Waals surface area contributed by atoms with Crippen molar-refractivity contribution in [3.05, 3.63) is 182 Å². The maximum atomic E-state index is 5.09. The van der Waals surface area contributed by atoms with Crippen molar-refractivity contribution in [2.24, 2.45) is 0 Å². The van der Waals surface area contributed by atoms with Gasteiger partial charge in [0.2, 0.25) is 0 Å². The van der Waals surface area contributed by atoms with Gasteiger partial charge in [-0.15, -0.1) is 0 Å². The SMILES string of the molecule is c1cnc2c(c1)ccc1ccc(-c3ccc4cc(-c5ccc6cc(-c7ccc8nc(-c9ccc%10ccc%11cccnc%11c%10n9)ccc8c7)ccc6n5)ccc4c3)nc12. The van der Waals surface area contributed by atoms with Crippen LogP contribution in [0.3, 0.4) is 0 Å². The Kier molecular flexibility index (Phi) is 7.13. The third-order valence-electron chi connectivity index (χ3n) is 11.3. The molecule has 0 saturated heterocycles. The molecule has 6 aromatic carbocycles. The van der Waals surface area contributed by atoms with Gasteiger partial charge < -0.3 is 0 Å². The van der Waals surface area contributed by atoms with Crippen LogP contribution in [0, 0.1) is 0 Å². The zero-order chi connectivity index (χ0) is 38.2. The topological polar surface area (TPSA) is 77.3 Å². The fourth-order valence-electron chi connectivity index (χ4n) is 8.23. The van der Waals surface area contributed by atoms with Crippen LogP contribution in [0.15, 0.2) is 182 Å². The third-order valence-corrected chi connectivity index (χ3v) is 11.3. The van der Waals surface area contributed by atoms with E-state index in [1.807, 2.05) is 30.6 Å². The summed E-state index contributed by atoms with van der Waals surface area (Å²) in [6.45, 7) is 0. The zero-order valence-corrected chi connectivity index (χ0v) is 31.0. The largest absolute Gasteiger partial charge is 0.254 e. The lowest BCUT2D eigenvalue weighted by Crippen LogP contribution is -1.91. The van der Waals surface area contributed by atoms with Gasteiger partial charge in [0.25, 0.3) is 0 Å². The van der Waals surface area contributed by atoms with Crippen molar-refractivity contribution < 1.29 is 0 Å². The Balaban J connectivity index is 0.817. The van der Waals surface area contributed by atoms with Crippen LogP contribution in [0.2, 0.25) is 0 Å². The summed E-state index contributed by atoms with van der Waals surface area (Å²) in [5.41, 5.74) is 13.5. The van der Waals surface area contributed by atoms with Crippen LogP contribution in [0.1, 0.15) is 0 Å². The van der Waals surface area contributed by atoms with E-state index in [-0.39, 0.29) is 0 Å². The lowest BCUT2D eigenvalue weighted by Gasteiger charge is -2.10. The smallest absolute Gasteiger partial charge is 0.0972 e. The van der Waals surface area contributed by atoms with Crippen LogP contribution in [-0.4, -0.2) is 29.9 Å². The van der Waals surface area contributed by atoms with E-state index in [0.29, 0.717) is 0 Å². The van der Waals surface area contributed by atoms with E-state index < -0.39 is 0 Å². The number of fused-ring (bicyclic) bond motifs is 9. The highest BCUT2D eigenvalue weighted by Gasteiger charge is 2.12. The van der Waals surface area contributed by atoms with Gasteiger partial charge in [0.15, 0.2) is 0 Å².